The third-order valence-electron chi connectivity index (χ3n) is 4.33. The van der Waals surface area contributed by atoms with Crippen molar-refractivity contribution in [3.05, 3.63) is 51.6 Å². The van der Waals surface area contributed by atoms with E-state index in [0.29, 0.717) is 12.1 Å². The van der Waals surface area contributed by atoms with Gasteiger partial charge in [0.2, 0.25) is 0 Å². The minimum atomic E-state index is -0.0743. The molecule has 3 aromatic rings. The molecule has 5 nitrogen and oxygen atoms in total. The van der Waals surface area contributed by atoms with E-state index in [0.717, 1.165) is 29.6 Å². The number of hydrogen-bond acceptors (Lipinski definition) is 3. The van der Waals surface area contributed by atoms with Gasteiger partial charge in [-0.25, -0.2) is 9.36 Å². The normalized spacial score (nSPS) is 11.3. The summed E-state index contributed by atoms with van der Waals surface area (Å²) in [5.41, 5.74) is 4.69. The lowest BCUT2D eigenvalue weighted by Gasteiger charge is -2.09. The Morgan fingerprint density at radius 1 is 1.13 bits per heavy atom. The first-order valence-corrected chi connectivity index (χ1v) is 8.06. The molecule has 0 aliphatic carbocycles. The van der Waals surface area contributed by atoms with Gasteiger partial charge in [-0.1, -0.05) is 19.4 Å². The lowest BCUT2D eigenvalue weighted by Crippen LogP contribution is -2.25. The Morgan fingerprint density at radius 2 is 1.91 bits per heavy atom. The first-order chi connectivity index (χ1) is 11.0. The molecule has 0 aliphatic rings. The molecule has 0 saturated carbocycles. The molecule has 0 amide bonds. The predicted octanol–water partition coefficient (Wildman–Crippen LogP) is 3.31. The van der Waals surface area contributed by atoms with Crippen LogP contribution in [0.3, 0.4) is 0 Å². The molecule has 2 aromatic heterocycles. The molecule has 23 heavy (non-hydrogen) atoms. The lowest BCUT2D eigenvalue weighted by molar-refractivity contribution is 0.541. The fraction of sp³-hybridized carbons (Fsp3) is 0.389. The lowest BCUT2D eigenvalue weighted by atomic mass is 10.1. The highest BCUT2D eigenvalue weighted by Gasteiger charge is 2.15. The van der Waals surface area contributed by atoms with Crippen molar-refractivity contribution in [3.8, 4) is 5.69 Å². The molecule has 0 atom stereocenters. The number of unbranched alkanes of at least 4 members (excludes halogenated alkanes) is 1. The third-order valence-corrected chi connectivity index (χ3v) is 4.33. The molecular weight excluding hydrogens is 288 g/mol. The van der Waals surface area contributed by atoms with E-state index < -0.39 is 0 Å². The standard InChI is InChI=1S/C18H22N4O/c1-5-6-9-21-18(23)17-16(14(4)20-21)11-19-22(17)15-8-7-12(2)13(3)10-15/h7-8,10-11H,5-6,9H2,1-4H3. The summed E-state index contributed by atoms with van der Waals surface area (Å²) in [5.74, 6) is 0. The Morgan fingerprint density at radius 3 is 2.61 bits per heavy atom. The van der Waals surface area contributed by atoms with Crippen LogP contribution in [0.15, 0.2) is 29.2 Å². The summed E-state index contributed by atoms with van der Waals surface area (Å²) >= 11 is 0. The Kier molecular flexibility index (Phi) is 4.03. The summed E-state index contributed by atoms with van der Waals surface area (Å²) < 4.78 is 3.31. The van der Waals surface area contributed by atoms with E-state index in [-0.39, 0.29) is 5.56 Å². The minimum absolute atomic E-state index is 0.0743. The van der Waals surface area contributed by atoms with Gasteiger partial charge >= 0.3 is 0 Å². The Hall–Kier alpha value is -2.43. The number of aryl methyl sites for hydroxylation is 4. The molecular formula is C18H22N4O. The van der Waals surface area contributed by atoms with Crippen LogP contribution in [-0.4, -0.2) is 19.6 Å². The van der Waals surface area contributed by atoms with Crippen molar-refractivity contribution in [1.82, 2.24) is 19.6 Å². The first-order valence-electron chi connectivity index (χ1n) is 8.06. The van der Waals surface area contributed by atoms with Crippen LogP contribution in [-0.2, 0) is 6.54 Å². The molecule has 120 valence electrons. The van der Waals surface area contributed by atoms with E-state index >= 15 is 0 Å². The number of aromatic nitrogens is 4. The third kappa shape index (κ3) is 2.67. The van der Waals surface area contributed by atoms with Gasteiger partial charge in [-0.15, -0.1) is 0 Å². The second kappa shape index (κ2) is 5.99. The van der Waals surface area contributed by atoms with Crippen molar-refractivity contribution >= 4 is 10.9 Å². The number of fused-ring (bicyclic) bond motifs is 1. The van der Waals surface area contributed by atoms with E-state index in [1.54, 1.807) is 15.6 Å². The van der Waals surface area contributed by atoms with E-state index in [1.165, 1.54) is 11.1 Å². The van der Waals surface area contributed by atoms with Gasteiger partial charge in [-0.2, -0.15) is 10.2 Å². The summed E-state index contributed by atoms with van der Waals surface area (Å²) in [7, 11) is 0. The molecule has 2 heterocycles. The Balaban J connectivity index is 2.24. The zero-order valence-corrected chi connectivity index (χ0v) is 14.1. The van der Waals surface area contributed by atoms with Gasteiger partial charge < -0.3 is 0 Å². The summed E-state index contributed by atoms with van der Waals surface area (Å²) in [6.07, 6.45) is 3.70. The zero-order chi connectivity index (χ0) is 16.6. The van der Waals surface area contributed by atoms with Crippen LogP contribution < -0.4 is 5.56 Å². The second-order valence-corrected chi connectivity index (χ2v) is 6.05. The van der Waals surface area contributed by atoms with Crippen LogP contribution in [0.4, 0.5) is 0 Å². The van der Waals surface area contributed by atoms with Gasteiger partial charge in [-0.05, 0) is 50.5 Å². The van der Waals surface area contributed by atoms with Crippen LogP contribution in [0.25, 0.3) is 16.6 Å². The van der Waals surface area contributed by atoms with E-state index in [4.69, 9.17) is 0 Å². The summed E-state index contributed by atoms with van der Waals surface area (Å²) in [6, 6.07) is 6.12. The maximum atomic E-state index is 12.8. The first kappa shape index (κ1) is 15.5. The van der Waals surface area contributed by atoms with Crippen molar-refractivity contribution < 1.29 is 0 Å². The van der Waals surface area contributed by atoms with E-state index in [1.807, 2.05) is 13.0 Å². The van der Waals surface area contributed by atoms with Gasteiger partial charge in [0, 0.05) is 11.9 Å². The van der Waals surface area contributed by atoms with Crippen molar-refractivity contribution in [2.75, 3.05) is 0 Å². The predicted molar refractivity (Wildman–Crippen MR) is 92.2 cm³/mol. The maximum Gasteiger partial charge on any atom is 0.293 e. The average Bonchev–Trinajstić information content (AvgIpc) is 2.98. The van der Waals surface area contributed by atoms with Crippen molar-refractivity contribution in [2.24, 2.45) is 0 Å². The fourth-order valence-corrected chi connectivity index (χ4v) is 2.73. The van der Waals surface area contributed by atoms with Crippen LogP contribution in [0, 0.1) is 20.8 Å². The molecule has 0 spiro atoms. The number of rotatable bonds is 4. The number of hydrogen-bond donors (Lipinski definition) is 0. The molecule has 0 saturated heterocycles. The Bertz CT molecular complexity index is 921. The van der Waals surface area contributed by atoms with Crippen LogP contribution >= 0.6 is 0 Å². The largest absolute Gasteiger partial charge is 0.293 e. The van der Waals surface area contributed by atoms with Gasteiger partial charge in [0.15, 0.2) is 0 Å². The van der Waals surface area contributed by atoms with Crippen molar-refractivity contribution in [2.45, 2.75) is 47.1 Å². The van der Waals surface area contributed by atoms with E-state index in [2.05, 4.69) is 43.1 Å². The molecule has 0 radical (unpaired) electrons. The van der Waals surface area contributed by atoms with Crippen molar-refractivity contribution in [3.63, 3.8) is 0 Å². The maximum absolute atomic E-state index is 12.8. The van der Waals surface area contributed by atoms with Gasteiger partial charge in [-0.3, -0.25) is 4.79 Å². The zero-order valence-electron chi connectivity index (χ0n) is 14.1. The highest BCUT2D eigenvalue weighted by atomic mass is 16.1. The molecule has 0 N–H and O–H groups in total. The highest BCUT2D eigenvalue weighted by Crippen LogP contribution is 2.19. The molecule has 0 fully saturated rings. The smallest absolute Gasteiger partial charge is 0.265 e. The summed E-state index contributed by atoms with van der Waals surface area (Å²) in [5, 5.41) is 9.69. The monoisotopic (exact) mass is 310 g/mol. The summed E-state index contributed by atoms with van der Waals surface area (Å²) in [4.78, 5) is 12.8. The highest BCUT2D eigenvalue weighted by molar-refractivity contribution is 5.81. The molecule has 0 unspecified atom stereocenters. The van der Waals surface area contributed by atoms with E-state index in [9.17, 15) is 4.79 Å². The second-order valence-electron chi connectivity index (χ2n) is 6.05. The van der Waals surface area contributed by atoms with Crippen LogP contribution in [0.5, 0.6) is 0 Å². The average molecular weight is 310 g/mol. The SMILES string of the molecule is CCCCn1nc(C)c2cnn(-c3ccc(C)c(C)c3)c2c1=O. The fourth-order valence-electron chi connectivity index (χ4n) is 2.73. The topological polar surface area (TPSA) is 52.7 Å². The number of nitrogens with zero attached hydrogens (tertiary/aromatic N) is 4. The molecule has 5 heteroatoms. The minimum Gasteiger partial charge on any atom is -0.265 e. The van der Waals surface area contributed by atoms with Crippen LogP contribution in [0.2, 0.25) is 0 Å². The molecule has 3 rings (SSSR count). The Labute approximate surface area is 135 Å². The van der Waals surface area contributed by atoms with Crippen LogP contribution in [0.1, 0.15) is 36.6 Å². The van der Waals surface area contributed by atoms with Gasteiger partial charge in [0.1, 0.15) is 5.52 Å². The molecule has 0 aliphatic heterocycles. The molecule has 0 bridgehead atoms. The van der Waals surface area contributed by atoms with Gasteiger partial charge in [0.05, 0.1) is 17.6 Å². The molecule has 1 aromatic carbocycles. The summed E-state index contributed by atoms with van der Waals surface area (Å²) in [6.45, 7) is 8.82. The van der Waals surface area contributed by atoms with Crippen molar-refractivity contribution in [1.29, 1.82) is 0 Å². The number of benzene rings is 1. The quantitative estimate of drug-likeness (QED) is 0.743. The van der Waals surface area contributed by atoms with Gasteiger partial charge in [0.25, 0.3) is 5.56 Å².